The van der Waals surface area contributed by atoms with Gasteiger partial charge in [0, 0.05) is 24.0 Å². The van der Waals surface area contributed by atoms with E-state index >= 15 is 8.78 Å². The van der Waals surface area contributed by atoms with Crippen LogP contribution in [0.1, 0.15) is 111 Å². The number of aromatic nitrogens is 1. The van der Waals surface area contributed by atoms with E-state index in [9.17, 15) is 9.59 Å². The number of halogens is 2. The van der Waals surface area contributed by atoms with E-state index in [1.54, 1.807) is 0 Å². The highest BCUT2D eigenvalue weighted by Gasteiger charge is 2.52. The predicted molar refractivity (Wildman–Crippen MR) is 145 cm³/mol. The molecule has 3 atom stereocenters. The average molecular weight is 552 g/mol. The van der Waals surface area contributed by atoms with Crippen molar-refractivity contribution in [1.29, 1.82) is 0 Å². The van der Waals surface area contributed by atoms with Crippen molar-refractivity contribution in [2.45, 2.75) is 101 Å². The van der Waals surface area contributed by atoms with Gasteiger partial charge in [0.1, 0.15) is 17.0 Å². The number of carbonyl (C=O) groups excluding carboxylic acids is 2. The van der Waals surface area contributed by atoms with E-state index in [1.807, 2.05) is 32.9 Å². The summed E-state index contributed by atoms with van der Waals surface area (Å²) in [5.41, 5.74) is 6.90. The normalized spacial score (nSPS) is 28.7. The molecule has 40 heavy (non-hydrogen) atoms. The maximum atomic E-state index is 15.2. The van der Waals surface area contributed by atoms with E-state index in [4.69, 9.17) is 15.5 Å². The first-order chi connectivity index (χ1) is 18.9. The molecule has 6 bridgehead atoms. The summed E-state index contributed by atoms with van der Waals surface area (Å²) in [6.45, 7) is 5.91. The molecule has 2 aromatic rings. The Balaban J connectivity index is 1.46. The van der Waals surface area contributed by atoms with Gasteiger partial charge in [-0.25, -0.2) is 18.8 Å². The topological polar surface area (TPSA) is 110 Å². The summed E-state index contributed by atoms with van der Waals surface area (Å²) < 4.78 is 36.6. The fourth-order valence-corrected chi connectivity index (χ4v) is 6.72. The van der Waals surface area contributed by atoms with Crippen LogP contribution in [0.25, 0.3) is 0 Å². The quantitative estimate of drug-likeness (QED) is 0.514. The number of amides is 2. The molecule has 2 amide bonds. The average Bonchev–Trinajstić information content (AvgIpc) is 3.15. The molecule has 5 heterocycles. The maximum absolute atomic E-state index is 15.2. The number of ether oxygens (including phenoxy) is 1. The number of benzene rings is 1. The van der Waals surface area contributed by atoms with E-state index in [1.165, 1.54) is 17.0 Å². The summed E-state index contributed by atoms with van der Waals surface area (Å²) in [6.07, 6.45) is 3.78. The number of hydrogen-bond acceptors (Lipinski definition) is 6. The Bertz CT molecular complexity index is 1420. The number of aliphatic imine (C=N–C) groups is 1. The van der Waals surface area contributed by atoms with Crippen LogP contribution >= 0.6 is 0 Å². The van der Waals surface area contributed by atoms with Gasteiger partial charge in [-0.3, -0.25) is 14.5 Å². The van der Waals surface area contributed by atoms with Gasteiger partial charge in [-0.1, -0.05) is 25.5 Å². The standard InChI is InChI=1S/C30H35F2N5O3/c1-4-29-12-6-5-7-17-8-11-23-18(13-17)21(14-28(2,3)40-23)35-26(39)20-10-9-19-25(34-20)22(15-30(19,31)32)37(24(38)16-29)27(33)36-29/h8-11,13,21-22H,4-7,12,14-16H2,1-3H3,(H2,33,36)(H,35,39)/t21-,22?,29+/m0/s1. The minimum Gasteiger partial charge on any atom is -0.487 e. The van der Waals surface area contributed by atoms with Crippen LogP contribution in [-0.2, 0) is 17.1 Å². The maximum Gasteiger partial charge on any atom is 0.277 e. The van der Waals surface area contributed by atoms with Gasteiger partial charge in [0.05, 0.1) is 29.7 Å². The molecule has 1 aliphatic carbocycles. The van der Waals surface area contributed by atoms with Crippen LogP contribution in [0, 0.1) is 0 Å². The highest BCUT2D eigenvalue weighted by Crippen LogP contribution is 2.50. The van der Waals surface area contributed by atoms with Crippen LogP contribution in [0.4, 0.5) is 8.78 Å². The minimum absolute atomic E-state index is 0.00689. The lowest BCUT2D eigenvalue weighted by Crippen LogP contribution is -2.52. The second-order valence-electron chi connectivity index (χ2n) is 12.2. The van der Waals surface area contributed by atoms with Crippen molar-refractivity contribution in [2.24, 2.45) is 10.7 Å². The Hall–Kier alpha value is -3.56. The van der Waals surface area contributed by atoms with E-state index in [0.717, 1.165) is 36.1 Å². The molecule has 3 N–H and O–H groups in total. The summed E-state index contributed by atoms with van der Waals surface area (Å²) in [7, 11) is 0. The number of nitrogens with zero attached hydrogens (tertiary/aromatic N) is 3. The van der Waals surface area contributed by atoms with Crippen molar-refractivity contribution in [3.8, 4) is 5.75 Å². The first-order valence-electron chi connectivity index (χ1n) is 14.1. The molecule has 1 unspecified atom stereocenters. The molecule has 8 nitrogen and oxygen atoms in total. The minimum atomic E-state index is -3.22. The van der Waals surface area contributed by atoms with Crippen LogP contribution < -0.4 is 15.8 Å². The molecule has 10 heteroatoms. The van der Waals surface area contributed by atoms with Crippen LogP contribution in [0.5, 0.6) is 5.75 Å². The van der Waals surface area contributed by atoms with Crippen LogP contribution in [0.15, 0.2) is 35.3 Å². The monoisotopic (exact) mass is 551 g/mol. The zero-order valence-electron chi connectivity index (χ0n) is 23.1. The summed E-state index contributed by atoms with van der Waals surface area (Å²) in [4.78, 5) is 37.4. The Kier molecular flexibility index (Phi) is 6.16. The van der Waals surface area contributed by atoms with E-state index in [2.05, 4.69) is 16.4 Å². The Morgan fingerprint density at radius 1 is 1.15 bits per heavy atom. The summed E-state index contributed by atoms with van der Waals surface area (Å²) in [5.74, 6) is -3.38. The predicted octanol–water partition coefficient (Wildman–Crippen LogP) is 5.07. The molecule has 0 fully saturated rings. The van der Waals surface area contributed by atoms with Crippen molar-refractivity contribution >= 4 is 17.8 Å². The Labute approximate surface area is 232 Å². The molecule has 1 aromatic carbocycles. The van der Waals surface area contributed by atoms with Crippen molar-refractivity contribution in [3.63, 3.8) is 0 Å². The van der Waals surface area contributed by atoms with E-state index < -0.39 is 35.4 Å². The van der Waals surface area contributed by atoms with Gasteiger partial charge in [-0.2, -0.15) is 0 Å². The number of fused-ring (bicyclic) bond motifs is 5. The SMILES string of the molecule is CC[C@@]12CCCCc3ccc4c(c3)[C@H](CC(C)(C)O4)NC(=O)c3ccc4c(n3)C(CC4(F)F)N(C(=O)C1)C(N)=N2. The summed E-state index contributed by atoms with van der Waals surface area (Å²) >= 11 is 0. The molecule has 0 spiro atoms. The number of pyridine rings is 1. The molecular formula is C30H35F2N5O3. The van der Waals surface area contributed by atoms with E-state index in [0.29, 0.717) is 19.3 Å². The number of guanidine groups is 1. The third kappa shape index (κ3) is 4.51. The third-order valence-corrected chi connectivity index (χ3v) is 8.83. The van der Waals surface area contributed by atoms with Gasteiger partial charge in [-0.05, 0) is 63.3 Å². The highest BCUT2D eigenvalue weighted by atomic mass is 19.3. The number of alkyl halides is 2. The van der Waals surface area contributed by atoms with Crippen LogP contribution in [0.2, 0.25) is 0 Å². The molecule has 5 aliphatic rings. The van der Waals surface area contributed by atoms with Crippen molar-refractivity contribution in [2.75, 3.05) is 0 Å². The molecule has 0 saturated carbocycles. The first-order valence-corrected chi connectivity index (χ1v) is 14.1. The second kappa shape index (κ2) is 9.24. The molecule has 4 aliphatic heterocycles. The fraction of sp³-hybridized carbons (Fsp3) is 0.533. The van der Waals surface area contributed by atoms with Gasteiger partial charge in [0.15, 0.2) is 5.96 Å². The summed E-state index contributed by atoms with van der Waals surface area (Å²) in [5, 5.41) is 3.08. The third-order valence-electron chi connectivity index (χ3n) is 8.83. The van der Waals surface area contributed by atoms with Crippen molar-refractivity contribution in [3.05, 3.63) is 58.4 Å². The van der Waals surface area contributed by atoms with Crippen LogP contribution in [0.3, 0.4) is 0 Å². The lowest BCUT2D eigenvalue weighted by molar-refractivity contribution is -0.132. The molecule has 1 aromatic heterocycles. The number of nitrogens with two attached hydrogens (primary N) is 1. The molecule has 212 valence electrons. The molecule has 0 radical (unpaired) electrons. The van der Waals surface area contributed by atoms with Gasteiger partial charge in [0.25, 0.3) is 11.8 Å². The second-order valence-corrected chi connectivity index (χ2v) is 12.2. The Morgan fingerprint density at radius 3 is 2.70 bits per heavy atom. The number of rotatable bonds is 1. The van der Waals surface area contributed by atoms with Crippen molar-refractivity contribution < 1.29 is 23.1 Å². The molecule has 7 rings (SSSR count). The van der Waals surface area contributed by atoms with Gasteiger partial charge < -0.3 is 15.8 Å². The lowest BCUT2D eigenvalue weighted by atomic mass is 9.84. The van der Waals surface area contributed by atoms with Crippen LogP contribution in [-0.4, -0.2) is 38.8 Å². The smallest absolute Gasteiger partial charge is 0.277 e. The lowest BCUT2D eigenvalue weighted by Gasteiger charge is -2.39. The number of hydrogen-bond donors (Lipinski definition) is 2. The van der Waals surface area contributed by atoms with Gasteiger partial charge in [0.2, 0.25) is 5.91 Å². The zero-order chi connectivity index (χ0) is 28.4. The largest absolute Gasteiger partial charge is 0.487 e. The van der Waals surface area contributed by atoms with E-state index in [-0.39, 0.29) is 41.3 Å². The first kappa shape index (κ1) is 26.7. The van der Waals surface area contributed by atoms with Crippen molar-refractivity contribution in [1.82, 2.24) is 15.2 Å². The van der Waals surface area contributed by atoms with Gasteiger partial charge >= 0.3 is 0 Å². The van der Waals surface area contributed by atoms with Gasteiger partial charge in [-0.15, -0.1) is 0 Å². The number of carbonyl (C=O) groups is 2. The summed E-state index contributed by atoms with van der Waals surface area (Å²) in [6, 6.07) is 7.21. The highest BCUT2D eigenvalue weighted by molar-refractivity contribution is 6.00. The zero-order valence-corrected chi connectivity index (χ0v) is 23.1. The Morgan fingerprint density at radius 2 is 1.95 bits per heavy atom. The molecular weight excluding hydrogens is 516 g/mol. The fourth-order valence-electron chi connectivity index (χ4n) is 6.72. The molecule has 0 saturated heterocycles. The number of nitrogens with one attached hydrogen (secondary N) is 1. The number of aryl methyl sites for hydroxylation is 1.